The first kappa shape index (κ1) is 24.3. The summed E-state index contributed by atoms with van der Waals surface area (Å²) >= 11 is 3.56. The molecule has 0 bridgehead atoms. The second-order valence-electron chi connectivity index (χ2n) is 8.84. The fourth-order valence-electron chi connectivity index (χ4n) is 4.50. The van der Waals surface area contributed by atoms with E-state index in [4.69, 9.17) is 0 Å². The number of fused-ring (bicyclic) bond motifs is 2. The van der Waals surface area contributed by atoms with E-state index in [-0.39, 0.29) is 19.1 Å². The van der Waals surface area contributed by atoms with Crippen LogP contribution in [0.2, 0.25) is 0 Å². The summed E-state index contributed by atoms with van der Waals surface area (Å²) in [5.74, 6) is -0.797. The Bertz CT molecular complexity index is 1390. The number of benzene rings is 1. The van der Waals surface area contributed by atoms with E-state index < -0.39 is 12.1 Å². The van der Waals surface area contributed by atoms with Crippen LogP contribution in [0.3, 0.4) is 0 Å². The molecule has 1 fully saturated rings. The molecule has 1 aromatic carbocycles. The van der Waals surface area contributed by atoms with Gasteiger partial charge < -0.3 is 15.5 Å². The molecule has 2 aromatic heterocycles. The summed E-state index contributed by atoms with van der Waals surface area (Å²) in [6, 6.07) is 5.69. The van der Waals surface area contributed by atoms with Gasteiger partial charge in [-0.15, -0.1) is 0 Å². The maximum atomic E-state index is 12.9. The third kappa shape index (κ3) is 4.69. The van der Waals surface area contributed by atoms with Crippen molar-refractivity contribution in [3.8, 4) is 0 Å². The Balaban J connectivity index is 1.34. The van der Waals surface area contributed by atoms with E-state index in [0.29, 0.717) is 30.3 Å². The van der Waals surface area contributed by atoms with Gasteiger partial charge >= 0.3 is 12.1 Å². The maximum absolute atomic E-state index is 12.9. The standard InChI is InChI=1S/C24H23BrF3N7O/c1-13-4-3-5-18(25)19(13)31-20-17-11-29-23(32-21(17)34(2)33-20)30-16-7-6-14-8-9-35(12-15(14)10-16)22(36)24(26,27)28/h3-6,10-11,16H,7-9,12H2,1-2H3,(H,31,33)(H,29,30,32). The van der Waals surface area contributed by atoms with Gasteiger partial charge in [-0.1, -0.05) is 24.3 Å². The van der Waals surface area contributed by atoms with Gasteiger partial charge in [0.15, 0.2) is 11.5 Å². The lowest BCUT2D eigenvalue weighted by Gasteiger charge is -2.34. The molecule has 1 aliphatic carbocycles. The first-order chi connectivity index (χ1) is 17.1. The number of aryl methyl sites for hydroxylation is 2. The minimum absolute atomic E-state index is 0.0620. The van der Waals surface area contributed by atoms with Gasteiger partial charge in [-0.3, -0.25) is 4.79 Å². The van der Waals surface area contributed by atoms with Crippen molar-refractivity contribution >= 4 is 50.3 Å². The summed E-state index contributed by atoms with van der Waals surface area (Å²) in [7, 11) is 1.79. The first-order valence-corrected chi connectivity index (χ1v) is 12.1. The van der Waals surface area contributed by atoms with Gasteiger partial charge in [0.1, 0.15) is 0 Å². The molecule has 2 N–H and O–H groups in total. The number of carbonyl (C=O) groups is 1. The molecule has 0 saturated carbocycles. The molecule has 5 rings (SSSR count). The van der Waals surface area contributed by atoms with Gasteiger partial charge in [-0.25, -0.2) is 9.67 Å². The number of nitrogens with zero attached hydrogens (tertiary/aromatic N) is 5. The number of anilines is 3. The molecule has 3 aromatic rings. The molecule has 12 heteroatoms. The number of rotatable bonds is 4. The molecule has 8 nitrogen and oxygen atoms in total. The normalized spacial score (nSPS) is 17.9. The predicted octanol–water partition coefficient (Wildman–Crippen LogP) is 5.01. The van der Waals surface area contributed by atoms with Crippen LogP contribution in [0.25, 0.3) is 11.0 Å². The Labute approximate surface area is 213 Å². The summed E-state index contributed by atoms with van der Waals surface area (Å²) < 4.78 is 41.2. The van der Waals surface area contributed by atoms with Crippen molar-refractivity contribution in [2.45, 2.75) is 32.0 Å². The zero-order chi connectivity index (χ0) is 25.6. The van der Waals surface area contributed by atoms with E-state index in [1.54, 1.807) is 17.9 Å². The highest BCUT2D eigenvalue weighted by Gasteiger charge is 2.43. The zero-order valence-electron chi connectivity index (χ0n) is 19.5. The molecule has 1 unspecified atom stereocenters. The second-order valence-corrected chi connectivity index (χ2v) is 9.70. The number of halogens is 4. The lowest BCUT2D eigenvalue weighted by Crippen LogP contribution is -2.45. The smallest absolute Gasteiger partial charge is 0.348 e. The van der Waals surface area contributed by atoms with E-state index >= 15 is 0 Å². The van der Waals surface area contributed by atoms with Crippen molar-refractivity contribution in [1.82, 2.24) is 24.6 Å². The number of piperidine rings is 1. The number of hydrogen-bond acceptors (Lipinski definition) is 6. The number of hydrogen-bond donors (Lipinski definition) is 2. The predicted molar refractivity (Wildman–Crippen MR) is 134 cm³/mol. The molecule has 36 heavy (non-hydrogen) atoms. The minimum atomic E-state index is -4.87. The molecule has 3 heterocycles. The number of carbonyl (C=O) groups excluding carboxylic acids is 1. The average molecular weight is 562 g/mol. The quantitative estimate of drug-likeness (QED) is 0.465. The van der Waals surface area contributed by atoms with Gasteiger partial charge in [-0.2, -0.15) is 23.3 Å². The number of amides is 1. The zero-order valence-corrected chi connectivity index (χ0v) is 21.1. The van der Waals surface area contributed by atoms with Gasteiger partial charge in [-0.05, 0) is 58.5 Å². The lowest BCUT2D eigenvalue weighted by molar-refractivity contribution is -0.185. The second kappa shape index (κ2) is 9.23. The Kier molecular flexibility index (Phi) is 6.23. The topological polar surface area (TPSA) is 88.0 Å². The molecule has 1 amide bonds. The lowest BCUT2D eigenvalue weighted by atomic mass is 9.89. The molecule has 0 spiro atoms. The summed E-state index contributed by atoms with van der Waals surface area (Å²) in [5, 5.41) is 11.9. The van der Waals surface area contributed by atoms with Crippen LogP contribution in [-0.2, 0) is 11.8 Å². The van der Waals surface area contributed by atoms with Gasteiger partial charge in [0.2, 0.25) is 5.95 Å². The fraction of sp³-hybridized carbons (Fsp3) is 0.333. The summed E-state index contributed by atoms with van der Waals surface area (Å²) in [5.41, 5.74) is 4.29. The van der Waals surface area contributed by atoms with E-state index in [1.807, 2.05) is 37.3 Å². The van der Waals surface area contributed by atoms with E-state index in [9.17, 15) is 18.0 Å². The van der Waals surface area contributed by atoms with Crippen molar-refractivity contribution in [2.75, 3.05) is 23.7 Å². The third-order valence-electron chi connectivity index (χ3n) is 6.34. The van der Waals surface area contributed by atoms with Crippen LogP contribution >= 0.6 is 15.9 Å². The van der Waals surface area contributed by atoms with Crippen molar-refractivity contribution in [1.29, 1.82) is 0 Å². The highest BCUT2D eigenvalue weighted by Crippen LogP contribution is 2.33. The number of likely N-dealkylation sites (tertiary alicyclic amines) is 1. The highest BCUT2D eigenvalue weighted by molar-refractivity contribution is 9.10. The SMILES string of the molecule is Cc1cccc(Br)c1Nc1nn(C)c2nc(NC3C=C4CN(C(=O)C(F)(F)F)CCC4=CC3)ncc12. The van der Waals surface area contributed by atoms with Gasteiger partial charge in [0.25, 0.3) is 0 Å². The number of aromatic nitrogens is 4. The molecule has 2 aliphatic rings. The average Bonchev–Trinajstić information content (AvgIpc) is 3.14. The fourth-order valence-corrected chi connectivity index (χ4v) is 5.07. The van der Waals surface area contributed by atoms with Crippen molar-refractivity contribution in [3.05, 3.63) is 57.7 Å². The minimum Gasteiger partial charge on any atom is -0.348 e. The largest absolute Gasteiger partial charge is 0.471 e. The third-order valence-corrected chi connectivity index (χ3v) is 7.00. The van der Waals surface area contributed by atoms with Crippen molar-refractivity contribution in [2.24, 2.45) is 7.05 Å². The number of alkyl halides is 3. The van der Waals surface area contributed by atoms with E-state index in [2.05, 4.69) is 41.6 Å². The van der Waals surface area contributed by atoms with Crippen LogP contribution < -0.4 is 10.6 Å². The highest BCUT2D eigenvalue weighted by atomic mass is 79.9. The molecule has 1 saturated heterocycles. The summed E-state index contributed by atoms with van der Waals surface area (Å²) in [6.07, 6.45) is 1.74. The summed E-state index contributed by atoms with van der Waals surface area (Å²) in [6.45, 7) is 2.00. The Morgan fingerprint density at radius 1 is 1.25 bits per heavy atom. The number of nitrogens with one attached hydrogen (secondary N) is 2. The molecular formula is C24H23BrF3N7O. The molecule has 0 radical (unpaired) electrons. The van der Waals surface area contributed by atoms with Crippen LogP contribution in [0, 0.1) is 6.92 Å². The Morgan fingerprint density at radius 2 is 2.06 bits per heavy atom. The van der Waals surface area contributed by atoms with Crippen molar-refractivity contribution in [3.63, 3.8) is 0 Å². The van der Waals surface area contributed by atoms with Crippen LogP contribution in [0.1, 0.15) is 18.4 Å². The van der Waals surface area contributed by atoms with Gasteiger partial charge in [0, 0.05) is 30.8 Å². The van der Waals surface area contributed by atoms with E-state index in [0.717, 1.165) is 37.2 Å². The molecule has 1 atom stereocenters. The summed E-state index contributed by atoms with van der Waals surface area (Å²) in [4.78, 5) is 21.6. The monoisotopic (exact) mass is 561 g/mol. The first-order valence-electron chi connectivity index (χ1n) is 11.3. The Hall–Kier alpha value is -3.41. The van der Waals surface area contributed by atoms with Gasteiger partial charge in [0.05, 0.1) is 17.1 Å². The van der Waals surface area contributed by atoms with Crippen LogP contribution in [0.4, 0.5) is 30.6 Å². The molecule has 1 aliphatic heterocycles. The molecule has 188 valence electrons. The van der Waals surface area contributed by atoms with Crippen LogP contribution in [0.5, 0.6) is 0 Å². The van der Waals surface area contributed by atoms with E-state index in [1.165, 1.54) is 0 Å². The Morgan fingerprint density at radius 3 is 2.81 bits per heavy atom. The maximum Gasteiger partial charge on any atom is 0.471 e. The van der Waals surface area contributed by atoms with Crippen LogP contribution in [0.15, 0.2) is 52.2 Å². The van der Waals surface area contributed by atoms with Crippen molar-refractivity contribution < 1.29 is 18.0 Å². The number of para-hydroxylation sites is 1. The van der Waals surface area contributed by atoms with Crippen LogP contribution in [-0.4, -0.2) is 55.9 Å². The molecular weight excluding hydrogens is 539 g/mol.